The summed E-state index contributed by atoms with van der Waals surface area (Å²) in [6.45, 7) is 6.04. The van der Waals surface area contributed by atoms with Crippen molar-refractivity contribution in [2.75, 3.05) is 13.2 Å². The fraction of sp³-hybridized carbons (Fsp3) is 0.304. The number of amides is 1. The summed E-state index contributed by atoms with van der Waals surface area (Å²) in [7, 11) is 0. The first-order chi connectivity index (χ1) is 14.7. The van der Waals surface area contributed by atoms with Crippen LogP contribution in [-0.2, 0) is 14.3 Å². The van der Waals surface area contributed by atoms with Crippen LogP contribution in [0.1, 0.15) is 36.6 Å². The molecule has 8 nitrogen and oxygen atoms in total. The number of aliphatic hydroxyl groups is 1. The number of rotatable bonds is 7. The van der Waals surface area contributed by atoms with Crippen LogP contribution in [0.25, 0.3) is 5.76 Å². The van der Waals surface area contributed by atoms with Crippen LogP contribution in [0.5, 0.6) is 0 Å². The summed E-state index contributed by atoms with van der Waals surface area (Å²) < 4.78 is 5.57. The molecular formula is C23H24N2O6. The first-order valence-electron chi connectivity index (χ1n) is 9.92. The van der Waals surface area contributed by atoms with E-state index in [0.29, 0.717) is 0 Å². The van der Waals surface area contributed by atoms with Crippen molar-refractivity contribution in [3.05, 3.63) is 80.9 Å². The summed E-state index contributed by atoms with van der Waals surface area (Å²) in [6.07, 6.45) is -0.0335. The van der Waals surface area contributed by atoms with E-state index in [4.69, 9.17) is 4.74 Å². The Hall–Kier alpha value is -3.52. The minimum absolute atomic E-state index is 0.0335. The van der Waals surface area contributed by atoms with Crippen molar-refractivity contribution < 1.29 is 24.4 Å². The number of hydrogen-bond acceptors (Lipinski definition) is 6. The lowest BCUT2D eigenvalue weighted by Crippen LogP contribution is -2.33. The molecule has 1 heterocycles. The van der Waals surface area contributed by atoms with Crippen LogP contribution >= 0.6 is 0 Å². The average molecular weight is 424 g/mol. The van der Waals surface area contributed by atoms with Gasteiger partial charge in [-0.25, -0.2) is 0 Å². The minimum Gasteiger partial charge on any atom is -0.507 e. The zero-order valence-electron chi connectivity index (χ0n) is 17.6. The van der Waals surface area contributed by atoms with E-state index in [1.807, 2.05) is 39.0 Å². The monoisotopic (exact) mass is 424 g/mol. The van der Waals surface area contributed by atoms with Crippen LogP contribution < -0.4 is 0 Å². The molecule has 1 aliphatic rings. The summed E-state index contributed by atoms with van der Waals surface area (Å²) in [4.78, 5) is 37.6. The van der Waals surface area contributed by atoms with Crippen LogP contribution in [-0.4, -0.2) is 45.9 Å². The number of benzene rings is 2. The van der Waals surface area contributed by atoms with E-state index < -0.39 is 22.7 Å². The normalized spacial score (nSPS) is 18.1. The molecule has 2 aromatic carbocycles. The van der Waals surface area contributed by atoms with Gasteiger partial charge in [-0.3, -0.25) is 19.7 Å². The molecule has 0 bridgehead atoms. The van der Waals surface area contributed by atoms with Crippen molar-refractivity contribution in [2.45, 2.75) is 32.9 Å². The van der Waals surface area contributed by atoms with E-state index in [0.717, 1.165) is 11.1 Å². The molecule has 0 aromatic heterocycles. The number of ether oxygens (including phenoxy) is 1. The molecule has 8 heteroatoms. The molecule has 3 rings (SSSR count). The largest absolute Gasteiger partial charge is 0.507 e. The van der Waals surface area contributed by atoms with E-state index in [1.54, 1.807) is 6.07 Å². The van der Waals surface area contributed by atoms with Crippen LogP contribution in [0.2, 0.25) is 0 Å². The molecule has 1 N–H and O–H groups in total. The number of carbonyl (C=O) groups is 2. The van der Waals surface area contributed by atoms with Crippen LogP contribution in [0.4, 0.5) is 5.69 Å². The molecule has 0 radical (unpaired) electrons. The van der Waals surface area contributed by atoms with Gasteiger partial charge < -0.3 is 14.7 Å². The first kappa shape index (κ1) is 22.2. The number of nitrogens with zero attached hydrogens (tertiary/aromatic N) is 2. The molecule has 1 amide bonds. The highest BCUT2D eigenvalue weighted by molar-refractivity contribution is 6.46. The van der Waals surface area contributed by atoms with Gasteiger partial charge in [-0.1, -0.05) is 24.3 Å². The highest BCUT2D eigenvalue weighted by Crippen LogP contribution is 2.40. The van der Waals surface area contributed by atoms with Crippen LogP contribution in [0.15, 0.2) is 54.1 Å². The second kappa shape index (κ2) is 9.09. The Labute approximate surface area is 179 Å². The molecule has 1 atom stereocenters. The quantitative estimate of drug-likeness (QED) is 0.238. The predicted molar refractivity (Wildman–Crippen MR) is 114 cm³/mol. The Morgan fingerprint density at radius 1 is 1.16 bits per heavy atom. The van der Waals surface area contributed by atoms with Crippen molar-refractivity contribution in [3.63, 3.8) is 0 Å². The fourth-order valence-corrected chi connectivity index (χ4v) is 3.61. The Kier molecular flexibility index (Phi) is 6.50. The third-order valence-electron chi connectivity index (χ3n) is 5.16. The van der Waals surface area contributed by atoms with Crippen molar-refractivity contribution >= 4 is 23.1 Å². The van der Waals surface area contributed by atoms with Crippen LogP contribution in [0.3, 0.4) is 0 Å². The SMILES string of the molecule is Cc1ccccc1C1/C(=C(\O)c2ccc([N+](=O)[O-])cc2)C(=O)C(=O)N1CCOC(C)C. The molecule has 2 aromatic rings. The van der Waals surface area contributed by atoms with Gasteiger partial charge in [0.05, 0.1) is 29.2 Å². The lowest BCUT2D eigenvalue weighted by molar-refractivity contribution is -0.384. The van der Waals surface area contributed by atoms with Gasteiger partial charge in [-0.05, 0) is 44.0 Å². The molecular weight excluding hydrogens is 400 g/mol. The van der Waals surface area contributed by atoms with Crippen molar-refractivity contribution in [1.29, 1.82) is 0 Å². The molecule has 1 fully saturated rings. The highest BCUT2D eigenvalue weighted by Gasteiger charge is 2.46. The number of non-ortho nitro benzene ring substituents is 1. The molecule has 162 valence electrons. The predicted octanol–water partition coefficient (Wildman–Crippen LogP) is 3.75. The standard InChI is InChI=1S/C23H24N2O6/c1-14(2)31-13-12-24-20(18-7-5-4-6-15(18)3)19(22(27)23(24)28)21(26)16-8-10-17(11-9-16)25(29)30/h4-11,14,20,26H,12-13H2,1-3H3/b21-19+. The lowest BCUT2D eigenvalue weighted by Gasteiger charge is -2.26. The Morgan fingerprint density at radius 2 is 1.81 bits per heavy atom. The maximum atomic E-state index is 12.9. The average Bonchev–Trinajstić information content (AvgIpc) is 2.98. The van der Waals surface area contributed by atoms with Gasteiger partial charge in [0.25, 0.3) is 17.4 Å². The molecule has 1 unspecified atom stereocenters. The fourth-order valence-electron chi connectivity index (χ4n) is 3.61. The molecule has 0 aliphatic carbocycles. The first-order valence-corrected chi connectivity index (χ1v) is 9.92. The second-order valence-corrected chi connectivity index (χ2v) is 7.57. The number of ketones is 1. The molecule has 0 spiro atoms. The minimum atomic E-state index is -0.798. The summed E-state index contributed by atoms with van der Waals surface area (Å²) in [5.74, 6) is -1.88. The highest BCUT2D eigenvalue weighted by atomic mass is 16.6. The maximum Gasteiger partial charge on any atom is 0.295 e. The van der Waals surface area contributed by atoms with Gasteiger partial charge in [0.1, 0.15) is 5.76 Å². The molecule has 1 aliphatic heterocycles. The Bertz CT molecular complexity index is 1040. The van der Waals surface area contributed by atoms with Gasteiger partial charge in [-0.2, -0.15) is 0 Å². The summed E-state index contributed by atoms with van der Waals surface area (Å²) in [5.41, 5.74) is 1.62. The van der Waals surface area contributed by atoms with Gasteiger partial charge in [0.2, 0.25) is 0 Å². The number of aliphatic hydroxyl groups excluding tert-OH is 1. The number of Topliss-reactive ketones (excluding diaryl/α,β-unsaturated/α-hetero) is 1. The van der Waals surface area contributed by atoms with Gasteiger partial charge in [0, 0.05) is 24.2 Å². The zero-order valence-corrected chi connectivity index (χ0v) is 17.6. The van der Waals surface area contributed by atoms with Crippen LogP contribution in [0, 0.1) is 17.0 Å². The van der Waals surface area contributed by atoms with E-state index in [2.05, 4.69) is 0 Å². The van der Waals surface area contributed by atoms with E-state index in [-0.39, 0.29) is 41.8 Å². The Morgan fingerprint density at radius 3 is 2.39 bits per heavy atom. The Balaban J connectivity index is 2.10. The number of nitro benzene ring substituents is 1. The molecule has 1 saturated heterocycles. The third-order valence-corrected chi connectivity index (χ3v) is 5.16. The summed E-state index contributed by atoms with van der Waals surface area (Å²) in [6, 6.07) is 11.7. The number of aryl methyl sites for hydroxylation is 1. The summed E-state index contributed by atoms with van der Waals surface area (Å²) in [5, 5.41) is 21.9. The summed E-state index contributed by atoms with van der Waals surface area (Å²) >= 11 is 0. The molecule has 31 heavy (non-hydrogen) atoms. The van der Waals surface area contributed by atoms with Gasteiger partial charge >= 0.3 is 0 Å². The van der Waals surface area contributed by atoms with Crippen molar-refractivity contribution in [3.8, 4) is 0 Å². The molecule has 0 saturated carbocycles. The maximum absolute atomic E-state index is 12.9. The number of carbonyl (C=O) groups excluding carboxylic acids is 2. The van der Waals surface area contributed by atoms with E-state index in [9.17, 15) is 24.8 Å². The third kappa shape index (κ3) is 4.49. The van der Waals surface area contributed by atoms with Crippen molar-refractivity contribution in [1.82, 2.24) is 4.90 Å². The van der Waals surface area contributed by atoms with Gasteiger partial charge in [0.15, 0.2) is 0 Å². The smallest absolute Gasteiger partial charge is 0.295 e. The van der Waals surface area contributed by atoms with E-state index >= 15 is 0 Å². The zero-order chi connectivity index (χ0) is 22.7. The number of nitro groups is 1. The topological polar surface area (TPSA) is 110 Å². The van der Waals surface area contributed by atoms with E-state index in [1.165, 1.54) is 29.2 Å². The second-order valence-electron chi connectivity index (χ2n) is 7.57. The van der Waals surface area contributed by atoms with Crippen molar-refractivity contribution in [2.24, 2.45) is 0 Å². The number of hydrogen-bond donors (Lipinski definition) is 1. The lowest BCUT2D eigenvalue weighted by atomic mass is 9.92. The van der Waals surface area contributed by atoms with Gasteiger partial charge in [-0.15, -0.1) is 0 Å². The number of likely N-dealkylation sites (tertiary alicyclic amines) is 1.